The van der Waals surface area contributed by atoms with Crippen LogP contribution in [0, 0.1) is 0 Å². The molecule has 3 rings (SSSR count). The molecule has 0 saturated heterocycles. The van der Waals surface area contributed by atoms with E-state index in [0.29, 0.717) is 5.02 Å². The van der Waals surface area contributed by atoms with Gasteiger partial charge in [-0.3, -0.25) is 9.59 Å². The van der Waals surface area contributed by atoms with Crippen LogP contribution in [0.1, 0.15) is 31.8 Å². The lowest BCUT2D eigenvalue weighted by Gasteiger charge is -2.20. The molecule has 6 heteroatoms. The third-order valence-electron chi connectivity index (χ3n) is 3.21. The van der Waals surface area contributed by atoms with Crippen LogP contribution in [0.2, 0.25) is 5.02 Å². The molecule has 20 heavy (non-hydrogen) atoms. The number of benzene rings is 2. The van der Waals surface area contributed by atoms with Gasteiger partial charge in [0, 0.05) is 21.8 Å². The summed E-state index contributed by atoms with van der Waals surface area (Å²) in [6, 6.07) is 5.82. The average molecular weight is 353 g/mol. The monoisotopic (exact) mass is 351 g/mol. The van der Waals surface area contributed by atoms with E-state index in [0.717, 1.165) is 0 Å². The SMILES string of the molecule is Nc1cc(Br)c(O)c2c1C(=O)c1cc(Cl)ccc1C2=O. The molecule has 0 fully saturated rings. The van der Waals surface area contributed by atoms with Gasteiger partial charge in [0.1, 0.15) is 5.75 Å². The van der Waals surface area contributed by atoms with E-state index in [9.17, 15) is 14.7 Å². The predicted molar refractivity (Wildman–Crippen MR) is 78.5 cm³/mol. The van der Waals surface area contributed by atoms with Crippen molar-refractivity contribution in [2.45, 2.75) is 0 Å². The molecule has 0 radical (unpaired) electrons. The second-order valence-electron chi connectivity index (χ2n) is 4.39. The van der Waals surface area contributed by atoms with Crippen molar-refractivity contribution >= 4 is 44.8 Å². The van der Waals surface area contributed by atoms with E-state index >= 15 is 0 Å². The largest absolute Gasteiger partial charge is 0.506 e. The lowest BCUT2D eigenvalue weighted by molar-refractivity contribution is 0.0977. The Morgan fingerprint density at radius 2 is 1.70 bits per heavy atom. The van der Waals surface area contributed by atoms with Crippen molar-refractivity contribution in [1.29, 1.82) is 0 Å². The van der Waals surface area contributed by atoms with Crippen LogP contribution in [0.4, 0.5) is 5.69 Å². The standard InChI is InChI=1S/C14H7BrClNO3/c15-8-4-9(17)10-11(14(8)20)12(18)6-2-1-5(16)3-7(6)13(10)19/h1-4,20H,17H2. The van der Waals surface area contributed by atoms with Gasteiger partial charge in [-0.15, -0.1) is 0 Å². The average Bonchev–Trinajstić information content (AvgIpc) is 2.40. The summed E-state index contributed by atoms with van der Waals surface area (Å²) in [4.78, 5) is 24.9. The van der Waals surface area contributed by atoms with Crippen molar-refractivity contribution < 1.29 is 14.7 Å². The maximum atomic E-state index is 12.5. The van der Waals surface area contributed by atoms with Gasteiger partial charge in [-0.05, 0) is 40.2 Å². The number of phenols is 1. The minimum atomic E-state index is -0.447. The quantitative estimate of drug-likeness (QED) is 0.481. The van der Waals surface area contributed by atoms with Crippen molar-refractivity contribution in [2.24, 2.45) is 0 Å². The maximum Gasteiger partial charge on any atom is 0.198 e. The van der Waals surface area contributed by atoms with Crippen LogP contribution in [-0.2, 0) is 0 Å². The number of rotatable bonds is 0. The summed E-state index contributed by atoms with van der Waals surface area (Å²) in [7, 11) is 0. The molecule has 0 aromatic heterocycles. The van der Waals surface area contributed by atoms with Crippen molar-refractivity contribution in [3.8, 4) is 5.75 Å². The third-order valence-corrected chi connectivity index (χ3v) is 4.05. The van der Waals surface area contributed by atoms with Gasteiger partial charge < -0.3 is 10.8 Å². The highest BCUT2D eigenvalue weighted by Crippen LogP contribution is 2.40. The van der Waals surface area contributed by atoms with E-state index in [1.807, 2.05) is 0 Å². The van der Waals surface area contributed by atoms with E-state index in [-0.39, 0.29) is 38.2 Å². The van der Waals surface area contributed by atoms with Gasteiger partial charge in [0.15, 0.2) is 11.6 Å². The predicted octanol–water partition coefficient (Wildman–Crippen LogP) is 3.17. The second-order valence-corrected chi connectivity index (χ2v) is 5.69. The summed E-state index contributed by atoms with van der Waals surface area (Å²) < 4.78 is 0.271. The topological polar surface area (TPSA) is 80.4 Å². The molecule has 2 aromatic rings. The van der Waals surface area contributed by atoms with E-state index < -0.39 is 11.6 Å². The van der Waals surface area contributed by atoms with E-state index in [4.69, 9.17) is 17.3 Å². The second kappa shape index (κ2) is 4.33. The molecule has 1 aliphatic carbocycles. The van der Waals surface area contributed by atoms with Crippen LogP contribution in [-0.4, -0.2) is 16.7 Å². The maximum absolute atomic E-state index is 12.5. The summed E-state index contributed by atoms with van der Waals surface area (Å²) in [5.74, 6) is -1.15. The number of ketones is 2. The van der Waals surface area contributed by atoms with Crippen LogP contribution in [0.15, 0.2) is 28.7 Å². The zero-order valence-corrected chi connectivity index (χ0v) is 12.2. The number of carbonyl (C=O) groups excluding carboxylic acids is 2. The molecule has 1 aliphatic rings. The highest BCUT2D eigenvalue weighted by Gasteiger charge is 2.34. The Hall–Kier alpha value is -1.85. The van der Waals surface area contributed by atoms with Gasteiger partial charge in [-0.25, -0.2) is 0 Å². The Bertz CT molecular complexity index is 799. The van der Waals surface area contributed by atoms with Gasteiger partial charge in [0.2, 0.25) is 0 Å². The molecule has 0 saturated carbocycles. The first-order valence-corrected chi connectivity index (χ1v) is 6.78. The van der Waals surface area contributed by atoms with Gasteiger partial charge in [-0.1, -0.05) is 11.6 Å². The zero-order chi connectivity index (χ0) is 14.6. The summed E-state index contributed by atoms with van der Waals surface area (Å²) >= 11 is 8.97. The summed E-state index contributed by atoms with van der Waals surface area (Å²) in [5, 5.41) is 10.4. The van der Waals surface area contributed by atoms with Crippen molar-refractivity contribution in [2.75, 3.05) is 5.73 Å². The number of halogens is 2. The lowest BCUT2D eigenvalue weighted by Crippen LogP contribution is -2.22. The van der Waals surface area contributed by atoms with Crippen LogP contribution in [0.25, 0.3) is 0 Å². The van der Waals surface area contributed by atoms with Gasteiger partial charge >= 0.3 is 0 Å². The van der Waals surface area contributed by atoms with E-state index in [1.165, 1.54) is 24.3 Å². The number of anilines is 1. The zero-order valence-electron chi connectivity index (χ0n) is 9.91. The Labute approximate surface area is 127 Å². The fraction of sp³-hybridized carbons (Fsp3) is 0. The Morgan fingerprint density at radius 1 is 1.05 bits per heavy atom. The Kier molecular flexibility index (Phi) is 2.84. The fourth-order valence-corrected chi connectivity index (χ4v) is 2.91. The first kappa shape index (κ1) is 13.1. The lowest BCUT2D eigenvalue weighted by atomic mass is 9.83. The number of hydrogen-bond donors (Lipinski definition) is 2. The Morgan fingerprint density at radius 3 is 2.40 bits per heavy atom. The number of carbonyl (C=O) groups is 2. The smallest absolute Gasteiger partial charge is 0.198 e. The van der Waals surface area contributed by atoms with Crippen LogP contribution >= 0.6 is 27.5 Å². The highest BCUT2D eigenvalue weighted by atomic mass is 79.9. The molecule has 0 atom stereocenters. The highest BCUT2D eigenvalue weighted by molar-refractivity contribution is 9.10. The van der Waals surface area contributed by atoms with Gasteiger partial charge in [0.25, 0.3) is 0 Å². The van der Waals surface area contributed by atoms with Gasteiger partial charge in [0.05, 0.1) is 15.6 Å². The van der Waals surface area contributed by atoms with E-state index in [1.54, 1.807) is 0 Å². The van der Waals surface area contributed by atoms with E-state index in [2.05, 4.69) is 15.9 Å². The molecule has 0 heterocycles. The molecule has 100 valence electrons. The number of nitrogen functional groups attached to an aromatic ring is 1. The van der Waals surface area contributed by atoms with Crippen molar-refractivity contribution in [3.63, 3.8) is 0 Å². The summed E-state index contributed by atoms with van der Waals surface area (Å²) in [6.45, 7) is 0. The summed E-state index contributed by atoms with van der Waals surface area (Å²) in [6.07, 6.45) is 0. The minimum Gasteiger partial charge on any atom is -0.506 e. The van der Waals surface area contributed by atoms with Gasteiger partial charge in [-0.2, -0.15) is 0 Å². The fourth-order valence-electron chi connectivity index (χ4n) is 2.30. The molecule has 2 aromatic carbocycles. The number of hydrogen-bond acceptors (Lipinski definition) is 4. The normalized spacial score (nSPS) is 13.1. The molecule has 0 aliphatic heterocycles. The molecule has 0 unspecified atom stereocenters. The number of aromatic hydroxyl groups is 1. The molecule has 4 nitrogen and oxygen atoms in total. The molecule has 0 spiro atoms. The molecular weight excluding hydrogens is 346 g/mol. The van der Waals surface area contributed by atoms with Crippen molar-refractivity contribution in [3.05, 3.63) is 56.0 Å². The van der Waals surface area contributed by atoms with Crippen molar-refractivity contribution in [1.82, 2.24) is 0 Å². The first-order chi connectivity index (χ1) is 9.41. The number of nitrogens with two attached hydrogens (primary N) is 1. The van der Waals surface area contributed by atoms with Crippen LogP contribution in [0.5, 0.6) is 5.75 Å². The third kappa shape index (κ3) is 1.67. The summed E-state index contributed by atoms with van der Waals surface area (Å²) in [5.41, 5.74) is 6.30. The molecule has 0 amide bonds. The first-order valence-electron chi connectivity index (χ1n) is 5.61. The molecule has 3 N–H and O–H groups in total. The Balaban J connectivity index is 2.41. The molecule has 0 bridgehead atoms. The van der Waals surface area contributed by atoms with Crippen LogP contribution < -0.4 is 5.73 Å². The minimum absolute atomic E-state index is 0.0190. The molecular formula is C14H7BrClNO3. The number of phenolic OH excluding ortho intramolecular Hbond substituents is 1. The van der Waals surface area contributed by atoms with Crippen LogP contribution in [0.3, 0.4) is 0 Å². The number of fused-ring (bicyclic) bond motifs is 2.